The van der Waals surface area contributed by atoms with Gasteiger partial charge in [0.2, 0.25) is 11.8 Å². The molecule has 0 saturated carbocycles. The number of aliphatic hydroxyl groups excluding tert-OH is 1. The maximum Gasteiger partial charge on any atom is 0.282 e. The lowest BCUT2D eigenvalue weighted by Crippen LogP contribution is -2.48. The molecule has 2 fully saturated rings. The van der Waals surface area contributed by atoms with E-state index in [9.17, 15) is 19.5 Å². The van der Waals surface area contributed by atoms with Gasteiger partial charge in [-0.3, -0.25) is 23.9 Å². The molecule has 2 amide bonds. The van der Waals surface area contributed by atoms with E-state index in [1.165, 1.54) is 16.8 Å². The number of hydrogen-bond acceptors (Lipinski definition) is 11. The Bertz CT molecular complexity index is 2770. The minimum Gasteiger partial charge on any atom is -0.474 e. The monoisotopic (exact) mass is 887 g/mol. The molecule has 9 rings (SSSR count). The standard InChI is InChI=1S/C48H54ClN9O6/c1-27(2)41(46(62)57-25-33(59)23-38(57)44(60)52-28(3)29-10-12-31(13-11-29)43-50-26-51-55(43)6)39-24-40(54-64-39)63-21-20-56-18-16-30(17-19-56)32-14-15-36-34(22-32)48(4,5)47-53-45(61)42-35(49)8-7-9-37(42)58(36)47/h7-15,22,24,26-28,30,33,38,41,59H,16-21,23,25H2,1-6H3,(H,52,60)/t28-,33+,38-,41?/m0/s1. The summed E-state index contributed by atoms with van der Waals surface area (Å²) in [5, 5.41) is 22.9. The van der Waals surface area contributed by atoms with Crippen LogP contribution in [0.5, 0.6) is 5.88 Å². The van der Waals surface area contributed by atoms with Crippen molar-refractivity contribution in [1.82, 2.24) is 44.6 Å². The first-order valence-electron chi connectivity index (χ1n) is 22.1. The van der Waals surface area contributed by atoms with Crippen LogP contribution in [0.3, 0.4) is 0 Å². The summed E-state index contributed by atoms with van der Waals surface area (Å²) < 4.78 is 15.6. The zero-order valence-corrected chi connectivity index (χ0v) is 37.7. The van der Waals surface area contributed by atoms with E-state index in [1.807, 2.05) is 64.2 Å². The van der Waals surface area contributed by atoms with Crippen LogP contribution in [0.15, 0.2) is 82.4 Å². The molecule has 0 radical (unpaired) electrons. The van der Waals surface area contributed by atoms with Gasteiger partial charge < -0.3 is 24.6 Å². The summed E-state index contributed by atoms with van der Waals surface area (Å²) in [6, 6.07) is 20.4. The predicted octanol–water partition coefficient (Wildman–Crippen LogP) is 6.30. The van der Waals surface area contributed by atoms with Gasteiger partial charge in [0.25, 0.3) is 11.4 Å². The maximum absolute atomic E-state index is 14.2. The van der Waals surface area contributed by atoms with E-state index < -0.39 is 23.5 Å². The molecule has 15 nitrogen and oxygen atoms in total. The van der Waals surface area contributed by atoms with Crippen LogP contribution in [0.2, 0.25) is 5.02 Å². The number of carbonyl (C=O) groups excluding carboxylic acids is 2. The fourth-order valence-electron chi connectivity index (χ4n) is 9.86. The average Bonchev–Trinajstić information content (AvgIpc) is 4.07. The van der Waals surface area contributed by atoms with Crippen LogP contribution in [-0.2, 0) is 22.1 Å². The highest BCUT2D eigenvalue weighted by Crippen LogP contribution is 2.45. The molecule has 3 aliphatic heterocycles. The molecule has 64 heavy (non-hydrogen) atoms. The third-order valence-corrected chi connectivity index (χ3v) is 13.7. The number of carbonyl (C=O) groups is 2. The summed E-state index contributed by atoms with van der Waals surface area (Å²) in [7, 11) is 1.83. The number of ether oxygens (including phenoxy) is 1. The number of rotatable bonds is 12. The maximum atomic E-state index is 14.2. The van der Waals surface area contributed by atoms with E-state index in [0.717, 1.165) is 65.5 Å². The van der Waals surface area contributed by atoms with Crippen LogP contribution >= 0.6 is 11.6 Å². The van der Waals surface area contributed by atoms with E-state index in [-0.39, 0.29) is 42.3 Å². The van der Waals surface area contributed by atoms with Crippen molar-refractivity contribution in [2.24, 2.45) is 13.0 Å². The van der Waals surface area contributed by atoms with Crippen molar-refractivity contribution in [3.63, 3.8) is 0 Å². The van der Waals surface area contributed by atoms with Gasteiger partial charge in [-0.2, -0.15) is 10.1 Å². The summed E-state index contributed by atoms with van der Waals surface area (Å²) >= 11 is 6.47. The first-order valence-corrected chi connectivity index (χ1v) is 22.5. The van der Waals surface area contributed by atoms with Crippen LogP contribution in [0.4, 0.5) is 0 Å². The Balaban J connectivity index is 0.788. The summed E-state index contributed by atoms with van der Waals surface area (Å²) in [4.78, 5) is 53.7. The summed E-state index contributed by atoms with van der Waals surface area (Å²) in [6.07, 6.45) is 2.79. The second-order valence-electron chi connectivity index (χ2n) is 18.3. The van der Waals surface area contributed by atoms with E-state index in [2.05, 4.69) is 67.1 Å². The Kier molecular flexibility index (Phi) is 11.7. The Morgan fingerprint density at radius 2 is 1.81 bits per heavy atom. The molecular formula is C48H54ClN9O6. The number of benzene rings is 3. The number of amides is 2. The molecule has 2 saturated heterocycles. The van der Waals surface area contributed by atoms with Gasteiger partial charge in [-0.05, 0) is 98.6 Å². The van der Waals surface area contributed by atoms with Crippen LogP contribution in [0, 0.1) is 5.92 Å². The highest BCUT2D eigenvalue weighted by Gasteiger charge is 2.44. The lowest BCUT2D eigenvalue weighted by Gasteiger charge is -2.32. The molecule has 0 spiro atoms. The van der Waals surface area contributed by atoms with Crippen molar-refractivity contribution >= 4 is 34.3 Å². The smallest absolute Gasteiger partial charge is 0.282 e. The van der Waals surface area contributed by atoms with Crippen LogP contribution < -0.4 is 15.6 Å². The summed E-state index contributed by atoms with van der Waals surface area (Å²) in [5.41, 5.74) is 5.28. The molecule has 3 aromatic heterocycles. The molecule has 4 atom stereocenters. The number of piperidine rings is 1. The molecular weight excluding hydrogens is 834 g/mol. The number of aliphatic hydroxyl groups is 1. The topological polar surface area (TPSA) is 174 Å². The van der Waals surface area contributed by atoms with E-state index >= 15 is 0 Å². The average molecular weight is 888 g/mol. The number of hydrogen-bond donors (Lipinski definition) is 2. The fourth-order valence-corrected chi connectivity index (χ4v) is 10.1. The van der Waals surface area contributed by atoms with Gasteiger partial charge in [0.1, 0.15) is 30.7 Å². The first-order chi connectivity index (χ1) is 30.7. The van der Waals surface area contributed by atoms with Gasteiger partial charge in [0, 0.05) is 38.2 Å². The molecule has 3 aliphatic rings. The number of nitrogens with one attached hydrogen (secondary N) is 1. The van der Waals surface area contributed by atoms with Crippen molar-refractivity contribution in [3.8, 4) is 23.0 Å². The predicted molar refractivity (Wildman–Crippen MR) is 242 cm³/mol. The van der Waals surface area contributed by atoms with Gasteiger partial charge in [-0.1, -0.05) is 67.9 Å². The van der Waals surface area contributed by atoms with Gasteiger partial charge >= 0.3 is 0 Å². The minimum atomic E-state index is -0.844. The van der Waals surface area contributed by atoms with Gasteiger partial charge in [0.15, 0.2) is 11.6 Å². The second kappa shape index (κ2) is 17.2. The molecule has 3 aromatic carbocycles. The quantitative estimate of drug-likeness (QED) is 0.141. The van der Waals surface area contributed by atoms with Crippen molar-refractivity contribution in [1.29, 1.82) is 0 Å². The summed E-state index contributed by atoms with van der Waals surface area (Å²) in [6.45, 7) is 12.9. The van der Waals surface area contributed by atoms with Crippen LogP contribution in [0.1, 0.15) is 100 Å². The van der Waals surface area contributed by atoms with Crippen molar-refractivity contribution in [2.75, 3.05) is 32.8 Å². The van der Waals surface area contributed by atoms with Gasteiger partial charge in [-0.25, -0.2) is 9.67 Å². The minimum absolute atomic E-state index is 0.0425. The van der Waals surface area contributed by atoms with Crippen molar-refractivity contribution < 1.29 is 24.0 Å². The largest absolute Gasteiger partial charge is 0.474 e. The fraction of sp³-hybridized carbons (Fsp3) is 0.438. The lowest BCUT2D eigenvalue weighted by molar-refractivity contribution is -0.141. The van der Waals surface area contributed by atoms with Gasteiger partial charge in [-0.15, -0.1) is 0 Å². The number of likely N-dealkylation sites (tertiary alicyclic amines) is 2. The highest BCUT2D eigenvalue weighted by atomic mass is 35.5. The lowest BCUT2D eigenvalue weighted by atomic mass is 9.81. The zero-order valence-electron chi connectivity index (χ0n) is 37.0. The Hall–Kier alpha value is -5.90. The molecule has 16 heteroatoms. The van der Waals surface area contributed by atoms with Crippen LogP contribution in [0.25, 0.3) is 28.0 Å². The number of nitrogens with zero attached hydrogens (tertiary/aromatic N) is 8. The third kappa shape index (κ3) is 7.98. The molecule has 2 N–H and O–H groups in total. The number of halogens is 1. The highest BCUT2D eigenvalue weighted by molar-refractivity contribution is 6.35. The van der Waals surface area contributed by atoms with E-state index in [1.54, 1.807) is 16.8 Å². The Labute approximate surface area is 376 Å². The molecule has 0 aliphatic carbocycles. The molecule has 6 aromatic rings. The van der Waals surface area contributed by atoms with E-state index in [0.29, 0.717) is 41.1 Å². The van der Waals surface area contributed by atoms with Gasteiger partial charge in [0.05, 0.1) is 39.2 Å². The SMILES string of the molecule is CC(C)C(C(=O)N1C[C@H](O)C[C@H]1C(=O)N[C@@H](C)c1ccc(-c2ncnn2C)cc1)c1cc(OCCN2CCC(c3ccc4c(c3)C(C)(C)c3nc(=O)c5c(Cl)cccc5n3-4)CC2)no1. The number of fused-ring (bicyclic) bond motifs is 5. The van der Waals surface area contributed by atoms with Crippen molar-refractivity contribution in [3.05, 3.63) is 117 Å². The first kappa shape index (κ1) is 43.4. The number of β-amino-alcohol motifs (C(OH)–C–C–N with tert-alkyl or cyclic N) is 1. The van der Waals surface area contributed by atoms with Crippen molar-refractivity contribution in [2.45, 2.75) is 89.3 Å². The second-order valence-corrected chi connectivity index (χ2v) is 18.7. The Morgan fingerprint density at radius 3 is 2.53 bits per heavy atom. The molecule has 0 bridgehead atoms. The molecule has 1 unspecified atom stereocenters. The number of aryl methyl sites for hydroxylation is 1. The molecule has 6 heterocycles. The molecule has 334 valence electrons. The van der Waals surface area contributed by atoms with E-state index in [4.69, 9.17) is 20.9 Å². The zero-order chi connectivity index (χ0) is 45.0. The van der Waals surface area contributed by atoms with Crippen LogP contribution in [-0.4, -0.2) is 101 Å². The Morgan fingerprint density at radius 1 is 1.05 bits per heavy atom. The number of aromatic nitrogens is 6. The third-order valence-electron chi connectivity index (χ3n) is 13.4. The summed E-state index contributed by atoms with van der Waals surface area (Å²) in [5.74, 6) is 0.954. The normalized spacial score (nSPS) is 19.5.